The number of anilines is 1. The third-order valence-corrected chi connectivity index (χ3v) is 6.52. The first kappa shape index (κ1) is 23.0. The predicted octanol–water partition coefficient (Wildman–Crippen LogP) is 6.34. The highest BCUT2D eigenvalue weighted by Gasteiger charge is 2.44. The number of rotatable bonds is 5. The number of alkyl halides is 3. The van der Waals surface area contributed by atoms with E-state index in [0.717, 1.165) is 17.0 Å². The number of carbonyl (C=O) groups excluding carboxylic acids is 2. The maximum absolute atomic E-state index is 13.6. The minimum atomic E-state index is -4.52. The first-order valence-electron chi connectivity index (χ1n) is 10.6. The van der Waals surface area contributed by atoms with Crippen molar-refractivity contribution in [3.05, 3.63) is 87.6 Å². The molecule has 0 bridgehead atoms. The Kier molecular flexibility index (Phi) is 6.30. The summed E-state index contributed by atoms with van der Waals surface area (Å²) in [6, 6.07) is 14.7. The second kappa shape index (κ2) is 9.02. The van der Waals surface area contributed by atoms with Crippen LogP contribution in [0.5, 0.6) is 0 Å². The van der Waals surface area contributed by atoms with Gasteiger partial charge in [-0.25, -0.2) is 0 Å². The molecule has 8 heteroatoms. The van der Waals surface area contributed by atoms with E-state index in [9.17, 15) is 22.8 Å². The Hall–Kier alpha value is -3.13. The zero-order valence-corrected chi connectivity index (χ0v) is 18.9. The van der Waals surface area contributed by atoms with E-state index in [-0.39, 0.29) is 17.5 Å². The number of carbonyl (C=O) groups is 2. The molecule has 2 heterocycles. The SMILES string of the molecule is CC(C)CN1C(=O)c2ccccc2[C@@H](C(=O)Nc2cccc(C(F)(F)F)c2)[C@H]1c1cccs1. The van der Waals surface area contributed by atoms with Gasteiger partial charge in [0.2, 0.25) is 5.91 Å². The molecule has 33 heavy (non-hydrogen) atoms. The number of hydrogen-bond donors (Lipinski definition) is 1. The number of hydrogen-bond acceptors (Lipinski definition) is 3. The molecule has 0 aliphatic carbocycles. The van der Waals surface area contributed by atoms with Crippen molar-refractivity contribution in [3.63, 3.8) is 0 Å². The number of fused-ring (bicyclic) bond motifs is 1. The Morgan fingerprint density at radius 1 is 1.09 bits per heavy atom. The maximum atomic E-state index is 13.6. The van der Waals surface area contributed by atoms with Crippen LogP contribution in [-0.4, -0.2) is 23.3 Å². The predicted molar refractivity (Wildman–Crippen MR) is 122 cm³/mol. The van der Waals surface area contributed by atoms with Crippen molar-refractivity contribution in [2.24, 2.45) is 5.92 Å². The monoisotopic (exact) mass is 472 g/mol. The number of amides is 2. The van der Waals surface area contributed by atoms with Gasteiger partial charge in [-0.1, -0.05) is 44.2 Å². The lowest BCUT2D eigenvalue weighted by Gasteiger charge is -2.42. The third-order valence-electron chi connectivity index (χ3n) is 5.58. The fourth-order valence-electron chi connectivity index (χ4n) is 4.24. The third kappa shape index (κ3) is 4.66. The summed E-state index contributed by atoms with van der Waals surface area (Å²) in [6.45, 7) is 4.44. The smallest absolute Gasteiger partial charge is 0.329 e. The van der Waals surface area contributed by atoms with Crippen LogP contribution in [0.3, 0.4) is 0 Å². The summed E-state index contributed by atoms with van der Waals surface area (Å²) in [5.74, 6) is -1.22. The van der Waals surface area contributed by atoms with Gasteiger partial charge in [-0.15, -0.1) is 11.3 Å². The van der Waals surface area contributed by atoms with E-state index in [2.05, 4.69) is 5.32 Å². The number of nitrogens with one attached hydrogen (secondary N) is 1. The van der Waals surface area contributed by atoms with E-state index in [4.69, 9.17) is 0 Å². The molecule has 3 aromatic rings. The molecule has 2 aromatic carbocycles. The molecule has 2 amide bonds. The lowest BCUT2D eigenvalue weighted by Crippen LogP contribution is -2.47. The van der Waals surface area contributed by atoms with Gasteiger partial charge >= 0.3 is 6.18 Å². The molecule has 0 spiro atoms. The van der Waals surface area contributed by atoms with E-state index in [1.165, 1.54) is 23.5 Å². The fourth-order valence-corrected chi connectivity index (χ4v) is 5.11. The zero-order chi connectivity index (χ0) is 23.8. The van der Waals surface area contributed by atoms with Gasteiger partial charge in [-0.2, -0.15) is 13.2 Å². The van der Waals surface area contributed by atoms with Gasteiger partial charge in [0.05, 0.1) is 17.5 Å². The first-order valence-corrected chi connectivity index (χ1v) is 11.5. The number of thiophene rings is 1. The summed E-state index contributed by atoms with van der Waals surface area (Å²) < 4.78 is 39.5. The van der Waals surface area contributed by atoms with Crippen molar-refractivity contribution < 1.29 is 22.8 Å². The molecule has 0 saturated carbocycles. The molecule has 0 radical (unpaired) electrons. The number of benzene rings is 2. The second-order valence-electron chi connectivity index (χ2n) is 8.44. The van der Waals surface area contributed by atoms with Gasteiger partial charge in [0.15, 0.2) is 0 Å². The van der Waals surface area contributed by atoms with Gasteiger partial charge < -0.3 is 10.2 Å². The Morgan fingerprint density at radius 2 is 1.85 bits per heavy atom. The van der Waals surface area contributed by atoms with Crippen molar-refractivity contribution in [1.29, 1.82) is 0 Å². The van der Waals surface area contributed by atoms with Gasteiger partial charge in [-0.05, 0) is 47.2 Å². The highest BCUT2D eigenvalue weighted by atomic mass is 32.1. The largest absolute Gasteiger partial charge is 0.416 e. The minimum absolute atomic E-state index is 0.0598. The number of halogens is 3. The number of nitrogens with zero attached hydrogens (tertiary/aromatic N) is 1. The summed E-state index contributed by atoms with van der Waals surface area (Å²) >= 11 is 1.45. The molecule has 1 N–H and O–H groups in total. The molecule has 1 aliphatic heterocycles. The van der Waals surface area contributed by atoms with Crippen LogP contribution in [0, 0.1) is 5.92 Å². The van der Waals surface area contributed by atoms with E-state index in [1.54, 1.807) is 29.2 Å². The van der Waals surface area contributed by atoms with Crippen molar-refractivity contribution >= 4 is 28.8 Å². The molecule has 4 rings (SSSR count). The molecule has 0 saturated heterocycles. The van der Waals surface area contributed by atoms with Crippen molar-refractivity contribution in [1.82, 2.24) is 4.90 Å². The van der Waals surface area contributed by atoms with Gasteiger partial charge in [0.25, 0.3) is 5.91 Å². The minimum Gasteiger partial charge on any atom is -0.329 e. The van der Waals surface area contributed by atoms with Gasteiger partial charge in [0, 0.05) is 22.7 Å². The van der Waals surface area contributed by atoms with E-state index in [1.807, 2.05) is 31.4 Å². The lowest BCUT2D eigenvalue weighted by atomic mass is 9.81. The lowest BCUT2D eigenvalue weighted by molar-refractivity contribution is -0.137. The normalized spacial score (nSPS) is 18.4. The summed E-state index contributed by atoms with van der Waals surface area (Å²) in [5, 5.41) is 4.56. The second-order valence-corrected chi connectivity index (χ2v) is 9.42. The fraction of sp³-hybridized carbons (Fsp3) is 0.280. The molecule has 1 aliphatic rings. The van der Waals surface area contributed by atoms with E-state index in [0.29, 0.717) is 17.7 Å². The Morgan fingerprint density at radius 3 is 2.52 bits per heavy atom. The summed E-state index contributed by atoms with van der Waals surface area (Å²) in [5.41, 5.74) is 0.237. The van der Waals surface area contributed by atoms with Crippen LogP contribution in [-0.2, 0) is 11.0 Å². The molecular formula is C25H23F3N2O2S. The van der Waals surface area contributed by atoms with Crippen LogP contribution in [0.25, 0.3) is 0 Å². The molecular weight excluding hydrogens is 449 g/mol. The van der Waals surface area contributed by atoms with Crippen LogP contribution in [0.15, 0.2) is 66.0 Å². The van der Waals surface area contributed by atoms with E-state index >= 15 is 0 Å². The first-order chi connectivity index (χ1) is 15.7. The average molecular weight is 473 g/mol. The highest BCUT2D eigenvalue weighted by Crippen LogP contribution is 2.45. The van der Waals surface area contributed by atoms with Crippen LogP contribution in [0.2, 0.25) is 0 Å². The topological polar surface area (TPSA) is 49.4 Å². The average Bonchev–Trinajstić information content (AvgIpc) is 3.29. The van der Waals surface area contributed by atoms with Crippen LogP contribution in [0.4, 0.5) is 18.9 Å². The van der Waals surface area contributed by atoms with Crippen LogP contribution >= 0.6 is 11.3 Å². The Balaban J connectivity index is 1.79. The van der Waals surface area contributed by atoms with Crippen molar-refractivity contribution in [3.8, 4) is 0 Å². The molecule has 0 unspecified atom stereocenters. The van der Waals surface area contributed by atoms with Gasteiger partial charge in [0.1, 0.15) is 0 Å². The molecule has 2 atom stereocenters. The van der Waals surface area contributed by atoms with Crippen LogP contribution in [0.1, 0.15) is 52.2 Å². The zero-order valence-electron chi connectivity index (χ0n) is 18.1. The molecule has 4 nitrogen and oxygen atoms in total. The quantitative estimate of drug-likeness (QED) is 0.471. The Labute approximate surface area is 194 Å². The molecule has 1 aromatic heterocycles. The van der Waals surface area contributed by atoms with Crippen LogP contribution < -0.4 is 5.32 Å². The summed E-state index contributed by atoms with van der Waals surface area (Å²) in [4.78, 5) is 29.6. The highest BCUT2D eigenvalue weighted by molar-refractivity contribution is 7.10. The van der Waals surface area contributed by atoms with Crippen molar-refractivity contribution in [2.75, 3.05) is 11.9 Å². The summed E-state index contributed by atoms with van der Waals surface area (Å²) in [6.07, 6.45) is -4.52. The standard InChI is InChI=1S/C25H23F3N2O2S/c1-15(2)14-30-22(20-11-6-12-33-20)21(18-9-3-4-10-19(18)24(30)32)23(31)29-17-8-5-7-16(13-17)25(26,27)28/h3-13,15,21-22H,14H2,1-2H3,(H,29,31)/t21-,22-/m1/s1. The van der Waals surface area contributed by atoms with Gasteiger partial charge in [-0.3, -0.25) is 9.59 Å². The Bertz CT molecular complexity index is 1160. The maximum Gasteiger partial charge on any atom is 0.416 e. The summed E-state index contributed by atoms with van der Waals surface area (Å²) in [7, 11) is 0. The molecule has 0 fully saturated rings. The van der Waals surface area contributed by atoms with E-state index < -0.39 is 29.6 Å². The molecule has 172 valence electrons. The van der Waals surface area contributed by atoms with Crippen molar-refractivity contribution in [2.45, 2.75) is 32.0 Å².